The van der Waals surface area contributed by atoms with Crippen molar-refractivity contribution in [2.75, 3.05) is 0 Å². The van der Waals surface area contributed by atoms with E-state index in [4.69, 9.17) is 4.74 Å². The summed E-state index contributed by atoms with van der Waals surface area (Å²) in [7, 11) is 0. The van der Waals surface area contributed by atoms with Crippen LogP contribution in [0.3, 0.4) is 0 Å². The van der Waals surface area contributed by atoms with Crippen LogP contribution in [0.5, 0.6) is 11.6 Å². The summed E-state index contributed by atoms with van der Waals surface area (Å²) in [5.41, 5.74) is 5.25. The minimum absolute atomic E-state index is 0.0550. The molecule has 0 fully saturated rings. The first kappa shape index (κ1) is 20.9. The average molecular weight is 436 g/mol. The molecular formula is C28H25N3O2. The smallest absolute Gasteiger partial charge is 0.251 e. The predicted octanol–water partition coefficient (Wildman–Crippen LogP) is 6.05. The molecule has 1 amide bonds. The van der Waals surface area contributed by atoms with Gasteiger partial charge >= 0.3 is 0 Å². The molecule has 4 aromatic rings. The van der Waals surface area contributed by atoms with Gasteiger partial charge < -0.3 is 10.1 Å². The number of nitrogens with zero attached hydrogens (tertiary/aromatic N) is 2. The molecule has 1 aliphatic carbocycles. The molecule has 1 aliphatic rings. The van der Waals surface area contributed by atoms with Gasteiger partial charge in [-0.05, 0) is 67.6 Å². The van der Waals surface area contributed by atoms with E-state index in [0.717, 1.165) is 30.4 Å². The standard InChI is InChI=1S/C28H25N3O2/c1-19-6-4-9-22(18-19)27-29-17-16-26(31-27)33-23-14-12-21(13-15-23)28(32)30-25-11-5-8-20-7-2-3-10-24(20)25/h2-4,6-7,9-10,12-18,25H,5,8,11H2,1H3,(H,30,32). The molecular weight excluding hydrogens is 410 g/mol. The highest BCUT2D eigenvalue weighted by molar-refractivity contribution is 5.94. The monoisotopic (exact) mass is 435 g/mol. The van der Waals surface area contributed by atoms with E-state index in [1.54, 1.807) is 36.5 Å². The van der Waals surface area contributed by atoms with Gasteiger partial charge in [-0.3, -0.25) is 4.79 Å². The Morgan fingerprint density at radius 3 is 2.70 bits per heavy atom. The van der Waals surface area contributed by atoms with Gasteiger partial charge in [-0.15, -0.1) is 0 Å². The summed E-state index contributed by atoms with van der Waals surface area (Å²) in [6, 6.07) is 25.3. The molecule has 3 aromatic carbocycles. The fourth-order valence-electron chi connectivity index (χ4n) is 4.26. The summed E-state index contributed by atoms with van der Waals surface area (Å²) in [5, 5.41) is 3.19. The highest BCUT2D eigenvalue weighted by Crippen LogP contribution is 2.30. The number of aryl methyl sites for hydroxylation is 2. The molecule has 5 heteroatoms. The van der Waals surface area contributed by atoms with E-state index < -0.39 is 0 Å². The maximum absolute atomic E-state index is 12.8. The first-order valence-electron chi connectivity index (χ1n) is 11.2. The van der Waals surface area contributed by atoms with Crippen LogP contribution in [0.2, 0.25) is 0 Å². The van der Waals surface area contributed by atoms with Crippen LogP contribution in [0, 0.1) is 6.92 Å². The summed E-state index contributed by atoms with van der Waals surface area (Å²) in [4.78, 5) is 21.7. The Labute approximate surface area is 193 Å². The van der Waals surface area contributed by atoms with Crippen LogP contribution in [-0.4, -0.2) is 15.9 Å². The zero-order chi connectivity index (χ0) is 22.6. The van der Waals surface area contributed by atoms with Crippen molar-refractivity contribution < 1.29 is 9.53 Å². The van der Waals surface area contributed by atoms with Gasteiger partial charge in [0.05, 0.1) is 6.04 Å². The van der Waals surface area contributed by atoms with Crippen molar-refractivity contribution >= 4 is 5.91 Å². The van der Waals surface area contributed by atoms with Crippen LogP contribution in [0.1, 0.15) is 45.9 Å². The van der Waals surface area contributed by atoms with Crippen LogP contribution in [0.4, 0.5) is 0 Å². The molecule has 0 saturated heterocycles. The molecule has 0 radical (unpaired) electrons. The van der Waals surface area contributed by atoms with E-state index in [2.05, 4.69) is 33.5 Å². The van der Waals surface area contributed by atoms with Crippen molar-refractivity contribution in [1.82, 2.24) is 15.3 Å². The molecule has 0 saturated carbocycles. The summed E-state index contributed by atoms with van der Waals surface area (Å²) in [6.07, 6.45) is 4.80. The Balaban J connectivity index is 1.27. The second-order valence-corrected chi connectivity index (χ2v) is 8.33. The third kappa shape index (κ3) is 4.77. The van der Waals surface area contributed by atoms with E-state index in [1.165, 1.54) is 11.1 Å². The minimum atomic E-state index is -0.0768. The van der Waals surface area contributed by atoms with Gasteiger partial charge in [0.15, 0.2) is 5.82 Å². The van der Waals surface area contributed by atoms with E-state index in [0.29, 0.717) is 23.0 Å². The molecule has 0 aliphatic heterocycles. The fraction of sp³-hybridized carbons (Fsp3) is 0.179. The maximum Gasteiger partial charge on any atom is 0.251 e. The Kier molecular flexibility index (Phi) is 5.85. The van der Waals surface area contributed by atoms with Crippen molar-refractivity contribution in [1.29, 1.82) is 0 Å². The van der Waals surface area contributed by atoms with Crippen LogP contribution >= 0.6 is 0 Å². The molecule has 1 N–H and O–H groups in total. The fourth-order valence-corrected chi connectivity index (χ4v) is 4.26. The van der Waals surface area contributed by atoms with Gasteiger partial charge in [0.2, 0.25) is 5.88 Å². The predicted molar refractivity (Wildman–Crippen MR) is 128 cm³/mol. The van der Waals surface area contributed by atoms with E-state index in [-0.39, 0.29) is 11.9 Å². The molecule has 0 bridgehead atoms. The molecule has 0 spiro atoms. The Bertz CT molecular complexity index is 1280. The topological polar surface area (TPSA) is 64.1 Å². The third-order valence-corrected chi connectivity index (χ3v) is 5.92. The lowest BCUT2D eigenvalue weighted by Crippen LogP contribution is -2.30. The van der Waals surface area contributed by atoms with E-state index in [9.17, 15) is 4.79 Å². The first-order chi connectivity index (χ1) is 16.2. The number of nitrogens with one attached hydrogen (secondary N) is 1. The zero-order valence-corrected chi connectivity index (χ0v) is 18.5. The second kappa shape index (κ2) is 9.25. The molecule has 1 atom stereocenters. The highest BCUT2D eigenvalue weighted by atomic mass is 16.5. The number of aromatic nitrogens is 2. The Hall–Kier alpha value is -3.99. The number of ether oxygens (including phenoxy) is 1. The summed E-state index contributed by atoms with van der Waals surface area (Å²) < 4.78 is 5.92. The summed E-state index contributed by atoms with van der Waals surface area (Å²) >= 11 is 0. The molecule has 164 valence electrons. The van der Waals surface area contributed by atoms with Gasteiger partial charge in [-0.2, -0.15) is 4.98 Å². The van der Waals surface area contributed by atoms with Crippen LogP contribution in [0.15, 0.2) is 85.1 Å². The zero-order valence-electron chi connectivity index (χ0n) is 18.5. The van der Waals surface area contributed by atoms with Gasteiger partial charge in [-0.25, -0.2) is 4.98 Å². The minimum Gasteiger partial charge on any atom is -0.439 e. The van der Waals surface area contributed by atoms with Gasteiger partial charge in [0.1, 0.15) is 5.75 Å². The number of hydrogen-bond donors (Lipinski definition) is 1. The molecule has 5 nitrogen and oxygen atoms in total. The quantitative estimate of drug-likeness (QED) is 0.414. The number of amides is 1. The number of carbonyl (C=O) groups is 1. The highest BCUT2D eigenvalue weighted by Gasteiger charge is 2.21. The van der Waals surface area contributed by atoms with Crippen LogP contribution in [-0.2, 0) is 6.42 Å². The van der Waals surface area contributed by atoms with Gasteiger partial charge in [0, 0.05) is 23.4 Å². The number of rotatable bonds is 5. The third-order valence-electron chi connectivity index (χ3n) is 5.92. The lowest BCUT2D eigenvalue weighted by atomic mass is 9.87. The van der Waals surface area contributed by atoms with Crippen molar-refractivity contribution in [2.24, 2.45) is 0 Å². The first-order valence-corrected chi connectivity index (χ1v) is 11.2. The molecule has 1 unspecified atom stereocenters. The Morgan fingerprint density at radius 2 is 1.85 bits per heavy atom. The SMILES string of the molecule is Cc1cccc(-c2nccc(Oc3ccc(C(=O)NC4CCCc5ccccc54)cc3)n2)c1. The number of benzene rings is 3. The lowest BCUT2D eigenvalue weighted by molar-refractivity contribution is 0.0932. The average Bonchev–Trinajstić information content (AvgIpc) is 2.85. The molecule has 5 rings (SSSR count). The maximum atomic E-state index is 12.8. The van der Waals surface area contributed by atoms with E-state index >= 15 is 0 Å². The largest absolute Gasteiger partial charge is 0.439 e. The summed E-state index contributed by atoms with van der Waals surface area (Å²) in [6.45, 7) is 2.04. The van der Waals surface area contributed by atoms with Crippen molar-refractivity contribution in [3.05, 3.63) is 107 Å². The van der Waals surface area contributed by atoms with E-state index in [1.807, 2.05) is 37.3 Å². The van der Waals surface area contributed by atoms with Crippen molar-refractivity contribution in [2.45, 2.75) is 32.2 Å². The van der Waals surface area contributed by atoms with Crippen molar-refractivity contribution in [3.8, 4) is 23.0 Å². The molecule has 1 aromatic heterocycles. The van der Waals surface area contributed by atoms with Crippen molar-refractivity contribution in [3.63, 3.8) is 0 Å². The molecule has 33 heavy (non-hydrogen) atoms. The lowest BCUT2D eigenvalue weighted by Gasteiger charge is -2.26. The number of carbonyl (C=O) groups excluding carboxylic acids is 1. The van der Waals surface area contributed by atoms with Crippen LogP contribution < -0.4 is 10.1 Å². The van der Waals surface area contributed by atoms with Gasteiger partial charge in [-0.1, -0.05) is 48.0 Å². The normalized spacial score (nSPS) is 14.9. The number of fused-ring (bicyclic) bond motifs is 1. The number of hydrogen-bond acceptors (Lipinski definition) is 4. The Morgan fingerprint density at radius 1 is 1.00 bits per heavy atom. The summed E-state index contributed by atoms with van der Waals surface area (Å²) in [5.74, 6) is 1.60. The molecule has 1 heterocycles. The second-order valence-electron chi connectivity index (χ2n) is 8.33. The van der Waals surface area contributed by atoms with Crippen LogP contribution in [0.25, 0.3) is 11.4 Å². The van der Waals surface area contributed by atoms with Gasteiger partial charge in [0.25, 0.3) is 5.91 Å².